The molecular weight excluding hydrogens is 301 g/mol. The molecule has 0 aromatic heterocycles. The van der Waals surface area contributed by atoms with Crippen molar-refractivity contribution in [2.24, 2.45) is 0 Å². The van der Waals surface area contributed by atoms with Gasteiger partial charge in [-0.1, -0.05) is 60.7 Å². The monoisotopic (exact) mass is 319 g/mol. The Kier molecular flexibility index (Phi) is 5.75. The van der Waals surface area contributed by atoms with Gasteiger partial charge in [0.1, 0.15) is 6.61 Å². The van der Waals surface area contributed by atoms with Crippen LogP contribution in [0, 0.1) is 0 Å². The summed E-state index contributed by atoms with van der Waals surface area (Å²) in [6.07, 6.45) is -0.506. The van der Waals surface area contributed by atoms with Crippen molar-refractivity contribution in [1.82, 2.24) is 5.09 Å². The van der Waals surface area contributed by atoms with Crippen LogP contribution in [-0.2, 0) is 22.3 Å². The van der Waals surface area contributed by atoms with Gasteiger partial charge in [0.2, 0.25) is 0 Å². The molecule has 2 aromatic rings. The number of nitrogens with one attached hydrogen (secondary N) is 1. The molecule has 6 heteroatoms. The molecular formula is C16H18NO4P. The van der Waals surface area contributed by atoms with Gasteiger partial charge < -0.3 is 9.63 Å². The molecule has 0 heterocycles. The highest BCUT2D eigenvalue weighted by molar-refractivity contribution is 7.56. The Morgan fingerprint density at radius 1 is 1.00 bits per heavy atom. The van der Waals surface area contributed by atoms with Crippen LogP contribution in [0.3, 0.4) is 0 Å². The van der Waals surface area contributed by atoms with Crippen LogP contribution in [0.15, 0.2) is 60.7 Å². The van der Waals surface area contributed by atoms with E-state index in [1.165, 1.54) is 0 Å². The zero-order valence-electron chi connectivity index (χ0n) is 12.0. The molecule has 0 bridgehead atoms. The minimum atomic E-state index is -3.76. The number of ether oxygens (including phenoxy) is 1. The molecule has 0 saturated carbocycles. The first-order valence-electron chi connectivity index (χ1n) is 6.90. The van der Waals surface area contributed by atoms with E-state index in [0.717, 1.165) is 11.1 Å². The highest BCUT2D eigenvalue weighted by Crippen LogP contribution is 2.35. The fourth-order valence-corrected chi connectivity index (χ4v) is 2.90. The molecule has 2 rings (SSSR count). The zero-order valence-corrected chi connectivity index (χ0v) is 12.9. The molecule has 0 spiro atoms. The molecule has 22 heavy (non-hydrogen) atoms. The van der Waals surface area contributed by atoms with Gasteiger partial charge >= 0.3 is 6.09 Å². The number of amides is 1. The summed E-state index contributed by atoms with van der Waals surface area (Å²) < 4.78 is 16.9. The summed E-state index contributed by atoms with van der Waals surface area (Å²) in [4.78, 5) is 21.4. The Balaban J connectivity index is 1.78. The van der Waals surface area contributed by atoms with Gasteiger partial charge in [-0.25, -0.2) is 4.79 Å². The summed E-state index contributed by atoms with van der Waals surface area (Å²) in [5, 5.41) is 2.05. The van der Waals surface area contributed by atoms with Crippen LogP contribution in [0.5, 0.6) is 0 Å². The lowest BCUT2D eigenvalue weighted by Gasteiger charge is -2.13. The van der Waals surface area contributed by atoms with E-state index in [1.54, 1.807) is 12.1 Å². The number of carbonyl (C=O) groups excluding carboxylic acids is 1. The fourth-order valence-electron chi connectivity index (χ4n) is 1.88. The highest BCUT2D eigenvalue weighted by Gasteiger charge is 2.21. The van der Waals surface area contributed by atoms with E-state index in [4.69, 9.17) is 4.74 Å². The van der Waals surface area contributed by atoms with Crippen molar-refractivity contribution >= 4 is 13.6 Å². The number of benzene rings is 2. The van der Waals surface area contributed by atoms with E-state index in [0.29, 0.717) is 6.42 Å². The highest BCUT2D eigenvalue weighted by atomic mass is 31.2. The maximum absolute atomic E-state index is 12.0. The van der Waals surface area contributed by atoms with Crippen LogP contribution in [-0.4, -0.2) is 17.1 Å². The summed E-state index contributed by atoms with van der Waals surface area (Å²) in [6.45, 7) is 0.0609. The van der Waals surface area contributed by atoms with Gasteiger partial charge in [-0.2, -0.15) is 0 Å². The summed E-state index contributed by atoms with van der Waals surface area (Å²) in [7, 11) is -3.76. The molecule has 1 atom stereocenters. The smallest absolute Gasteiger partial charge is 0.414 e. The van der Waals surface area contributed by atoms with Crippen molar-refractivity contribution in [3.05, 3.63) is 71.8 Å². The van der Waals surface area contributed by atoms with Crippen LogP contribution in [0.4, 0.5) is 4.79 Å². The van der Waals surface area contributed by atoms with Gasteiger partial charge in [0.25, 0.3) is 7.52 Å². The molecule has 1 unspecified atom stereocenters. The van der Waals surface area contributed by atoms with Gasteiger partial charge in [-0.15, -0.1) is 0 Å². The number of hydrogen-bond donors (Lipinski definition) is 2. The van der Waals surface area contributed by atoms with E-state index in [9.17, 15) is 14.3 Å². The average Bonchev–Trinajstić information content (AvgIpc) is 2.53. The van der Waals surface area contributed by atoms with Gasteiger partial charge in [-0.05, 0) is 17.5 Å². The molecule has 1 amide bonds. The van der Waals surface area contributed by atoms with Crippen LogP contribution in [0.2, 0.25) is 0 Å². The first-order chi connectivity index (χ1) is 10.6. The summed E-state index contributed by atoms with van der Waals surface area (Å²) in [5.74, 6) is 0. The van der Waals surface area contributed by atoms with Crippen molar-refractivity contribution in [3.63, 3.8) is 0 Å². The second-order valence-electron chi connectivity index (χ2n) is 4.83. The predicted octanol–water partition coefficient (Wildman–Crippen LogP) is 3.34. The van der Waals surface area contributed by atoms with Crippen molar-refractivity contribution in [3.8, 4) is 0 Å². The zero-order chi connectivity index (χ0) is 15.8. The van der Waals surface area contributed by atoms with Gasteiger partial charge in [-0.3, -0.25) is 9.65 Å². The first kappa shape index (κ1) is 16.3. The topological polar surface area (TPSA) is 75.6 Å². The maximum Gasteiger partial charge on any atom is 0.414 e. The molecule has 5 nitrogen and oxygen atoms in total. The summed E-state index contributed by atoms with van der Waals surface area (Å²) in [5.41, 5.74) is 1.76. The second-order valence-corrected chi connectivity index (χ2v) is 6.91. The molecule has 0 aliphatic carbocycles. The quantitative estimate of drug-likeness (QED) is 0.801. The Bertz CT molecular complexity index is 646. The van der Waals surface area contributed by atoms with Crippen LogP contribution in [0.1, 0.15) is 11.1 Å². The van der Waals surface area contributed by atoms with E-state index in [1.807, 2.05) is 53.6 Å². The third-order valence-corrected chi connectivity index (χ3v) is 4.39. The Morgan fingerprint density at radius 2 is 1.55 bits per heavy atom. The standard InChI is InChI=1S/C16H18NO4P/c18-16(21-13-15-9-5-2-6-10-15)17-22(19,20)12-11-14-7-3-1-4-8-14/h1-10H,11-13H2,(H2,17,18,19,20). The van der Waals surface area contributed by atoms with Crippen LogP contribution >= 0.6 is 7.52 Å². The number of hydrogen-bond acceptors (Lipinski definition) is 3. The number of carbonyl (C=O) groups is 1. The van der Waals surface area contributed by atoms with Gasteiger partial charge in [0.15, 0.2) is 0 Å². The molecule has 0 saturated heterocycles. The Morgan fingerprint density at radius 3 is 2.14 bits per heavy atom. The van der Waals surface area contributed by atoms with E-state index >= 15 is 0 Å². The lowest BCUT2D eigenvalue weighted by atomic mass is 10.2. The lowest BCUT2D eigenvalue weighted by molar-refractivity contribution is 0.145. The third kappa shape index (κ3) is 5.72. The molecule has 0 fully saturated rings. The van der Waals surface area contributed by atoms with Gasteiger partial charge in [0.05, 0.1) is 0 Å². The Hall–Kier alpha value is -2.10. The maximum atomic E-state index is 12.0. The number of aryl methyl sites for hydroxylation is 1. The van der Waals surface area contributed by atoms with E-state index in [2.05, 4.69) is 0 Å². The number of rotatable bonds is 6. The summed E-state index contributed by atoms with van der Waals surface area (Å²) >= 11 is 0. The Labute approximate surface area is 129 Å². The first-order valence-corrected chi connectivity index (χ1v) is 8.74. The lowest BCUT2D eigenvalue weighted by Crippen LogP contribution is -2.23. The predicted molar refractivity (Wildman–Crippen MR) is 84.6 cm³/mol. The van der Waals surface area contributed by atoms with Crippen molar-refractivity contribution in [1.29, 1.82) is 0 Å². The average molecular weight is 319 g/mol. The van der Waals surface area contributed by atoms with Crippen molar-refractivity contribution in [2.75, 3.05) is 6.16 Å². The minimum Gasteiger partial charge on any atom is -0.444 e. The van der Waals surface area contributed by atoms with Gasteiger partial charge in [0, 0.05) is 6.16 Å². The molecule has 2 aromatic carbocycles. The SMILES string of the molecule is O=C(NP(=O)(O)CCc1ccccc1)OCc1ccccc1. The van der Waals surface area contributed by atoms with Crippen molar-refractivity contribution in [2.45, 2.75) is 13.0 Å². The largest absolute Gasteiger partial charge is 0.444 e. The van der Waals surface area contributed by atoms with E-state index in [-0.39, 0.29) is 12.8 Å². The minimum absolute atomic E-state index is 0.0303. The normalized spacial score (nSPS) is 13.1. The molecule has 0 aliphatic heterocycles. The third-order valence-electron chi connectivity index (χ3n) is 3.03. The van der Waals surface area contributed by atoms with Crippen molar-refractivity contribution < 1.29 is 19.0 Å². The van der Waals surface area contributed by atoms with E-state index < -0.39 is 13.6 Å². The molecule has 0 aliphatic rings. The molecule has 0 radical (unpaired) electrons. The second kappa shape index (κ2) is 7.78. The van der Waals surface area contributed by atoms with Crippen LogP contribution in [0.25, 0.3) is 0 Å². The van der Waals surface area contributed by atoms with Crippen LogP contribution < -0.4 is 5.09 Å². The molecule has 116 valence electrons. The molecule has 2 N–H and O–H groups in total. The summed E-state index contributed by atoms with van der Waals surface area (Å²) in [6, 6.07) is 18.5. The fraction of sp³-hybridized carbons (Fsp3) is 0.188.